The summed E-state index contributed by atoms with van der Waals surface area (Å²) in [5.74, 6) is -0.555. The van der Waals surface area contributed by atoms with Crippen molar-refractivity contribution in [3.63, 3.8) is 0 Å². The molecule has 2 aromatic carbocycles. The molecule has 3 rings (SSSR count). The number of carbonyl (C=O) groups excluding carboxylic acids is 2. The van der Waals surface area contributed by atoms with E-state index < -0.39 is 0 Å². The van der Waals surface area contributed by atoms with Gasteiger partial charge >= 0.3 is 0 Å². The van der Waals surface area contributed by atoms with E-state index in [-0.39, 0.29) is 23.7 Å². The van der Waals surface area contributed by atoms with Gasteiger partial charge in [0, 0.05) is 11.0 Å². The zero-order valence-corrected chi connectivity index (χ0v) is 14.8. The minimum absolute atomic E-state index is 0.0294. The number of hydrogen-bond acceptors (Lipinski definition) is 2. The fourth-order valence-corrected chi connectivity index (χ4v) is 3.05. The molecule has 2 N–H and O–H groups in total. The zero-order valence-electron chi connectivity index (χ0n) is 13.2. The molecule has 2 aromatic rings. The van der Waals surface area contributed by atoms with Gasteiger partial charge in [-0.05, 0) is 46.5 Å². The molecule has 0 saturated heterocycles. The first-order valence-electron chi connectivity index (χ1n) is 8.02. The summed E-state index contributed by atoms with van der Waals surface area (Å²) in [5, 5.41) is 5.80. The van der Waals surface area contributed by atoms with Crippen LogP contribution in [0.5, 0.6) is 0 Å². The average Bonchev–Trinajstić information content (AvgIpc) is 3.39. The molecular weight excluding hydrogens is 368 g/mol. The van der Waals surface area contributed by atoms with E-state index in [1.807, 2.05) is 54.6 Å². The Morgan fingerprint density at radius 1 is 0.958 bits per heavy atom. The summed E-state index contributed by atoms with van der Waals surface area (Å²) in [4.78, 5) is 24.4. The maximum atomic E-state index is 12.2. The Labute approximate surface area is 149 Å². The third-order valence-corrected chi connectivity index (χ3v) is 4.84. The number of anilines is 1. The Bertz CT molecular complexity index is 733. The lowest BCUT2D eigenvalue weighted by Gasteiger charge is -2.07. The minimum Gasteiger partial charge on any atom is -0.356 e. The van der Waals surface area contributed by atoms with Gasteiger partial charge in [-0.2, -0.15) is 0 Å². The van der Waals surface area contributed by atoms with Crippen molar-refractivity contribution in [1.82, 2.24) is 5.32 Å². The van der Waals surface area contributed by atoms with Gasteiger partial charge in [-0.1, -0.05) is 42.5 Å². The molecule has 4 nitrogen and oxygen atoms in total. The topological polar surface area (TPSA) is 58.2 Å². The van der Waals surface area contributed by atoms with Crippen LogP contribution < -0.4 is 10.6 Å². The first-order chi connectivity index (χ1) is 11.6. The van der Waals surface area contributed by atoms with Crippen LogP contribution in [0.4, 0.5) is 5.69 Å². The Morgan fingerprint density at radius 2 is 1.62 bits per heavy atom. The molecule has 5 heteroatoms. The largest absolute Gasteiger partial charge is 0.356 e. The number of para-hydroxylation sites is 1. The van der Waals surface area contributed by atoms with Crippen LogP contribution in [0.25, 0.3) is 0 Å². The van der Waals surface area contributed by atoms with E-state index in [0.717, 1.165) is 16.6 Å². The minimum atomic E-state index is -0.228. The van der Waals surface area contributed by atoms with Crippen LogP contribution in [-0.2, 0) is 16.0 Å². The normalized spacial score (nSPS) is 18.7. The molecule has 2 unspecified atom stereocenters. The highest BCUT2D eigenvalue weighted by Crippen LogP contribution is 2.39. The molecule has 124 valence electrons. The van der Waals surface area contributed by atoms with Crippen molar-refractivity contribution >= 4 is 33.4 Å². The first-order valence-corrected chi connectivity index (χ1v) is 8.81. The molecule has 1 aliphatic carbocycles. The van der Waals surface area contributed by atoms with Gasteiger partial charge in [0.2, 0.25) is 11.8 Å². The lowest BCUT2D eigenvalue weighted by atomic mass is 10.1. The second kappa shape index (κ2) is 7.62. The molecule has 0 aromatic heterocycles. The van der Waals surface area contributed by atoms with E-state index in [0.29, 0.717) is 13.0 Å². The molecule has 1 saturated carbocycles. The summed E-state index contributed by atoms with van der Waals surface area (Å²) in [6, 6.07) is 17.5. The fourth-order valence-electron chi connectivity index (χ4n) is 2.67. The number of nitrogens with one attached hydrogen (secondary N) is 2. The molecule has 2 amide bonds. The van der Waals surface area contributed by atoms with Gasteiger partial charge in [0.05, 0.1) is 17.5 Å². The summed E-state index contributed by atoms with van der Waals surface area (Å²) < 4.78 is 0.836. The molecule has 1 aliphatic rings. The van der Waals surface area contributed by atoms with Gasteiger partial charge < -0.3 is 10.6 Å². The molecule has 24 heavy (non-hydrogen) atoms. The van der Waals surface area contributed by atoms with Crippen molar-refractivity contribution in [2.45, 2.75) is 12.8 Å². The maximum Gasteiger partial charge on any atom is 0.228 e. The number of halogens is 1. The number of rotatable bonds is 6. The van der Waals surface area contributed by atoms with Gasteiger partial charge in [-0.15, -0.1) is 0 Å². The van der Waals surface area contributed by atoms with Gasteiger partial charge in [-0.3, -0.25) is 9.59 Å². The molecule has 0 spiro atoms. The smallest absolute Gasteiger partial charge is 0.228 e. The lowest BCUT2D eigenvalue weighted by molar-refractivity contribution is -0.125. The molecule has 0 bridgehead atoms. The van der Waals surface area contributed by atoms with Crippen molar-refractivity contribution < 1.29 is 9.59 Å². The van der Waals surface area contributed by atoms with Crippen molar-refractivity contribution in [2.75, 3.05) is 11.9 Å². The van der Waals surface area contributed by atoms with E-state index >= 15 is 0 Å². The number of benzene rings is 2. The molecule has 0 heterocycles. The van der Waals surface area contributed by atoms with Gasteiger partial charge in [0.1, 0.15) is 0 Å². The van der Waals surface area contributed by atoms with Crippen LogP contribution in [0.2, 0.25) is 0 Å². The Kier molecular flexibility index (Phi) is 5.30. The van der Waals surface area contributed by atoms with Crippen molar-refractivity contribution in [3.05, 3.63) is 64.6 Å². The summed E-state index contributed by atoms with van der Waals surface area (Å²) >= 11 is 3.40. The number of amides is 2. The number of carbonyl (C=O) groups is 2. The standard InChI is InChI=1S/C19H19BrN2O2/c20-16-8-4-5-9-17(16)22-19(24)15-12-14(15)18(23)21-11-10-13-6-2-1-3-7-13/h1-9,14-15H,10-12H2,(H,21,23)(H,22,24). The fraction of sp³-hybridized carbons (Fsp3) is 0.263. The second-order valence-electron chi connectivity index (χ2n) is 5.94. The SMILES string of the molecule is O=C(NCCc1ccccc1)C1CC1C(=O)Nc1ccccc1Br. The highest BCUT2D eigenvalue weighted by atomic mass is 79.9. The molecule has 0 aliphatic heterocycles. The molecule has 2 atom stereocenters. The van der Waals surface area contributed by atoms with E-state index in [9.17, 15) is 9.59 Å². The van der Waals surface area contributed by atoms with E-state index in [1.165, 1.54) is 5.56 Å². The van der Waals surface area contributed by atoms with Crippen LogP contribution in [-0.4, -0.2) is 18.4 Å². The monoisotopic (exact) mass is 386 g/mol. The molecule has 0 radical (unpaired) electrons. The zero-order chi connectivity index (χ0) is 16.9. The third-order valence-electron chi connectivity index (χ3n) is 4.15. The third kappa shape index (κ3) is 4.23. The van der Waals surface area contributed by atoms with Crippen LogP contribution in [0.1, 0.15) is 12.0 Å². The Balaban J connectivity index is 1.43. The van der Waals surface area contributed by atoms with E-state index in [4.69, 9.17) is 0 Å². The van der Waals surface area contributed by atoms with Crippen LogP contribution in [0.15, 0.2) is 59.1 Å². The molecular formula is C19H19BrN2O2. The van der Waals surface area contributed by atoms with Crippen molar-refractivity contribution in [2.24, 2.45) is 11.8 Å². The highest BCUT2D eigenvalue weighted by molar-refractivity contribution is 9.10. The highest BCUT2D eigenvalue weighted by Gasteiger charge is 2.47. The Morgan fingerprint density at radius 3 is 2.38 bits per heavy atom. The molecule has 1 fully saturated rings. The van der Waals surface area contributed by atoms with Crippen molar-refractivity contribution in [1.29, 1.82) is 0 Å². The van der Waals surface area contributed by atoms with Gasteiger partial charge in [0.25, 0.3) is 0 Å². The average molecular weight is 387 g/mol. The second-order valence-corrected chi connectivity index (χ2v) is 6.80. The summed E-state index contributed by atoms with van der Waals surface area (Å²) in [6.45, 7) is 0.595. The summed E-state index contributed by atoms with van der Waals surface area (Å²) in [5.41, 5.74) is 1.93. The van der Waals surface area contributed by atoms with Crippen molar-refractivity contribution in [3.8, 4) is 0 Å². The maximum absolute atomic E-state index is 12.2. The lowest BCUT2D eigenvalue weighted by Crippen LogP contribution is -2.29. The van der Waals surface area contributed by atoms with Gasteiger partial charge in [-0.25, -0.2) is 0 Å². The van der Waals surface area contributed by atoms with E-state index in [1.54, 1.807) is 0 Å². The van der Waals surface area contributed by atoms with Crippen LogP contribution >= 0.6 is 15.9 Å². The quantitative estimate of drug-likeness (QED) is 0.799. The van der Waals surface area contributed by atoms with Crippen LogP contribution in [0.3, 0.4) is 0 Å². The number of hydrogen-bond donors (Lipinski definition) is 2. The predicted octanol–water partition coefficient (Wildman–Crippen LogP) is 3.38. The summed E-state index contributed by atoms with van der Waals surface area (Å²) in [6.07, 6.45) is 1.42. The van der Waals surface area contributed by atoms with Crippen LogP contribution in [0, 0.1) is 11.8 Å². The van der Waals surface area contributed by atoms with Gasteiger partial charge in [0.15, 0.2) is 0 Å². The summed E-state index contributed by atoms with van der Waals surface area (Å²) in [7, 11) is 0. The first kappa shape index (κ1) is 16.7. The Hall–Kier alpha value is -2.14. The predicted molar refractivity (Wildman–Crippen MR) is 97.5 cm³/mol. The van der Waals surface area contributed by atoms with E-state index in [2.05, 4.69) is 26.6 Å².